The number of hydrogen-bond donors (Lipinski definition) is 0. The number of hydrogen-bond acceptors (Lipinski definition) is 3. The minimum atomic E-state index is 0.184. The number of piperazine rings is 1. The highest BCUT2D eigenvalue weighted by Crippen LogP contribution is 2.37. The van der Waals surface area contributed by atoms with E-state index in [1.807, 2.05) is 18.2 Å². The van der Waals surface area contributed by atoms with Gasteiger partial charge in [-0.2, -0.15) is 0 Å². The van der Waals surface area contributed by atoms with Crippen molar-refractivity contribution in [3.8, 4) is 5.75 Å². The van der Waals surface area contributed by atoms with E-state index in [-0.39, 0.29) is 6.04 Å². The molecule has 0 aliphatic carbocycles. The molecule has 1 unspecified atom stereocenters. The van der Waals surface area contributed by atoms with Gasteiger partial charge in [-0.15, -0.1) is 0 Å². The third-order valence-corrected chi connectivity index (χ3v) is 8.16. The molecular weight excluding hydrogens is 511 g/mol. The molecule has 0 aromatic heterocycles. The van der Waals surface area contributed by atoms with Crippen molar-refractivity contribution in [1.82, 2.24) is 4.90 Å². The van der Waals surface area contributed by atoms with E-state index in [1.165, 1.54) is 43.2 Å². The zero-order valence-corrected chi connectivity index (χ0v) is 24.4. The first-order chi connectivity index (χ1) is 18.5. The molecule has 204 valence electrons. The fourth-order valence-electron chi connectivity index (χ4n) is 5.40. The van der Waals surface area contributed by atoms with Gasteiger partial charge in [-0.25, -0.2) is 0 Å². The summed E-state index contributed by atoms with van der Waals surface area (Å²) < 4.78 is 6.09. The molecule has 1 heterocycles. The molecule has 1 saturated heterocycles. The number of anilines is 1. The van der Waals surface area contributed by atoms with Crippen molar-refractivity contribution < 1.29 is 4.74 Å². The normalized spacial score (nSPS) is 16.9. The summed E-state index contributed by atoms with van der Waals surface area (Å²) in [5.74, 6) is 1.62. The van der Waals surface area contributed by atoms with E-state index in [0.29, 0.717) is 0 Å². The third-order valence-electron chi connectivity index (χ3n) is 7.61. The molecule has 0 amide bonds. The lowest BCUT2D eigenvalue weighted by molar-refractivity contribution is 0.215. The Balaban J connectivity index is 1.40. The second-order valence-electron chi connectivity index (χ2n) is 10.7. The van der Waals surface area contributed by atoms with Crippen LogP contribution in [0.25, 0.3) is 0 Å². The third kappa shape index (κ3) is 8.40. The Morgan fingerprint density at radius 3 is 2.39 bits per heavy atom. The summed E-state index contributed by atoms with van der Waals surface area (Å²) in [6.07, 6.45) is 7.58. The highest BCUT2D eigenvalue weighted by molar-refractivity contribution is 6.33. The average Bonchev–Trinajstić information content (AvgIpc) is 2.93. The minimum Gasteiger partial charge on any atom is -0.494 e. The highest BCUT2D eigenvalue weighted by atomic mass is 35.5. The van der Waals surface area contributed by atoms with Crippen molar-refractivity contribution >= 4 is 28.9 Å². The van der Waals surface area contributed by atoms with Crippen LogP contribution in [0.2, 0.25) is 10.0 Å². The maximum absolute atomic E-state index is 6.88. The summed E-state index contributed by atoms with van der Waals surface area (Å²) in [6.45, 7) is 9.09. The Hall–Kier alpha value is -2.20. The van der Waals surface area contributed by atoms with Gasteiger partial charge in [0.25, 0.3) is 0 Å². The van der Waals surface area contributed by atoms with Gasteiger partial charge in [-0.05, 0) is 54.2 Å². The van der Waals surface area contributed by atoms with Crippen LogP contribution >= 0.6 is 23.2 Å². The molecule has 0 saturated carbocycles. The number of rotatable bonds is 13. The van der Waals surface area contributed by atoms with Crippen molar-refractivity contribution in [1.29, 1.82) is 0 Å². The molecule has 0 N–H and O–H groups in total. The van der Waals surface area contributed by atoms with Crippen LogP contribution in [0, 0.1) is 5.92 Å². The van der Waals surface area contributed by atoms with E-state index in [4.69, 9.17) is 27.9 Å². The molecule has 38 heavy (non-hydrogen) atoms. The van der Waals surface area contributed by atoms with E-state index < -0.39 is 0 Å². The van der Waals surface area contributed by atoms with Crippen LogP contribution in [0.3, 0.4) is 0 Å². The van der Waals surface area contributed by atoms with Gasteiger partial charge in [-0.3, -0.25) is 4.90 Å². The van der Waals surface area contributed by atoms with Crippen molar-refractivity contribution in [2.45, 2.75) is 65.0 Å². The number of benzene rings is 3. The van der Waals surface area contributed by atoms with Crippen LogP contribution < -0.4 is 9.64 Å². The first-order valence-electron chi connectivity index (χ1n) is 14.2. The van der Waals surface area contributed by atoms with Crippen LogP contribution in [0.5, 0.6) is 5.75 Å². The SMILES string of the molecule is CCCCCC(C)CCCOc1ccc(N2CCN(Cc3ccccc3)C[C@H]2c2ccc(Cl)cc2)c(Cl)c1. The minimum absolute atomic E-state index is 0.184. The Morgan fingerprint density at radius 1 is 0.895 bits per heavy atom. The maximum atomic E-state index is 6.88. The lowest BCUT2D eigenvalue weighted by Crippen LogP contribution is -2.48. The Kier molecular flexibility index (Phi) is 11.2. The van der Waals surface area contributed by atoms with Crippen LogP contribution in [-0.4, -0.2) is 31.1 Å². The second kappa shape index (κ2) is 14.8. The van der Waals surface area contributed by atoms with Gasteiger partial charge in [0.05, 0.1) is 23.4 Å². The van der Waals surface area contributed by atoms with Gasteiger partial charge >= 0.3 is 0 Å². The standard InChI is InChI=1S/C33H42Cl2N2O/c1-3-4-6-10-26(2)11-9-22-38-30-18-19-32(31(35)23-30)37-21-20-36(24-27-12-7-5-8-13-27)25-33(37)28-14-16-29(34)17-15-28/h5,7-8,12-19,23,26,33H,3-4,6,9-11,20-22,24-25H2,1-2H3/t26?,33-/m0/s1. The lowest BCUT2D eigenvalue weighted by Gasteiger charge is -2.43. The molecule has 2 atom stereocenters. The molecule has 3 aromatic carbocycles. The predicted octanol–water partition coefficient (Wildman–Crippen LogP) is 9.43. The summed E-state index contributed by atoms with van der Waals surface area (Å²) in [6, 6.07) is 25.3. The number of unbranched alkanes of at least 4 members (excludes halogenated alkanes) is 2. The van der Waals surface area contributed by atoms with Gasteiger partial charge in [0.2, 0.25) is 0 Å². The number of nitrogens with zero attached hydrogens (tertiary/aromatic N) is 2. The molecule has 5 heteroatoms. The zero-order valence-electron chi connectivity index (χ0n) is 22.9. The van der Waals surface area contributed by atoms with E-state index in [1.54, 1.807) is 0 Å². The molecule has 0 radical (unpaired) electrons. The van der Waals surface area contributed by atoms with E-state index in [0.717, 1.165) is 66.6 Å². The molecule has 1 aliphatic heterocycles. The summed E-state index contributed by atoms with van der Waals surface area (Å²) in [7, 11) is 0. The first kappa shape index (κ1) is 28.8. The molecule has 0 spiro atoms. The largest absolute Gasteiger partial charge is 0.494 e. The molecule has 0 bridgehead atoms. The highest BCUT2D eigenvalue weighted by Gasteiger charge is 2.30. The summed E-state index contributed by atoms with van der Waals surface area (Å²) >= 11 is 13.1. The average molecular weight is 554 g/mol. The molecule has 4 rings (SSSR count). The van der Waals surface area contributed by atoms with Crippen molar-refractivity contribution in [3.05, 3.63) is 94.0 Å². The Bertz CT molecular complexity index is 1110. The van der Waals surface area contributed by atoms with Crippen molar-refractivity contribution in [2.24, 2.45) is 5.92 Å². The van der Waals surface area contributed by atoms with Gasteiger partial charge in [0.1, 0.15) is 5.75 Å². The van der Waals surface area contributed by atoms with Crippen LogP contribution in [0.4, 0.5) is 5.69 Å². The first-order valence-corrected chi connectivity index (χ1v) is 15.0. The summed E-state index contributed by atoms with van der Waals surface area (Å²) in [5, 5.41) is 1.50. The molecule has 3 aromatic rings. The topological polar surface area (TPSA) is 15.7 Å². The smallest absolute Gasteiger partial charge is 0.120 e. The molecule has 1 aliphatic rings. The summed E-state index contributed by atoms with van der Waals surface area (Å²) in [5.41, 5.74) is 3.64. The van der Waals surface area contributed by atoms with Crippen LogP contribution in [0.15, 0.2) is 72.8 Å². The van der Waals surface area contributed by atoms with Gasteiger partial charge in [-0.1, -0.05) is 105 Å². The zero-order chi connectivity index (χ0) is 26.7. The monoisotopic (exact) mass is 552 g/mol. The fraction of sp³-hybridized carbons (Fsp3) is 0.455. The van der Waals surface area contributed by atoms with Crippen LogP contribution in [-0.2, 0) is 6.54 Å². The molecule has 1 fully saturated rings. The molecular formula is C33H42Cl2N2O. The van der Waals surface area contributed by atoms with Crippen molar-refractivity contribution in [2.75, 3.05) is 31.1 Å². The van der Waals surface area contributed by atoms with E-state index >= 15 is 0 Å². The van der Waals surface area contributed by atoms with Gasteiger partial charge in [0, 0.05) is 37.3 Å². The maximum Gasteiger partial charge on any atom is 0.120 e. The summed E-state index contributed by atoms with van der Waals surface area (Å²) in [4.78, 5) is 4.97. The Morgan fingerprint density at radius 2 is 1.66 bits per heavy atom. The number of halogens is 2. The van der Waals surface area contributed by atoms with Crippen molar-refractivity contribution in [3.63, 3.8) is 0 Å². The van der Waals surface area contributed by atoms with E-state index in [9.17, 15) is 0 Å². The molecule has 3 nitrogen and oxygen atoms in total. The quantitative estimate of drug-likeness (QED) is 0.196. The van der Waals surface area contributed by atoms with E-state index in [2.05, 4.69) is 78.2 Å². The van der Waals surface area contributed by atoms with Gasteiger partial charge in [0.15, 0.2) is 0 Å². The second-order valence-corrected chi connectivity index (χ2v) is 11.5. The lowest BCUT2D eigenvalue weighted by atomic mass is 9.98. The Labute approximate surface area is 239 Å². The van der Waals surface area contributed by atoms with Crippen LogP contribution in [0.1, 0.15) is 69.5 Å². The fourth-order valence-corrected chi connectivity index (χ4v) is 5.81. The number of ether oxygens (including phenoxy) is 1. The predicted molar refractivity (Wildman–Crippen MR) is 163 cm³/mol. The van der Waals surface area contributed by atoms with Gasteiger partial charge < -0.3 is 9.64 Å².